The number of ether oxygens (including phenoxy) is 5. The molecule has 2 aliphatic rings. The summed E-state index contributed by atoms with van der Waals surface area (Å²) in [6.45, 7) is 4.02. The van der Waals surface area contributed by atoms with E-state index in [1.54, 1.807) is 54.6 Å². The molecule has 2 amide bonds. The number of aromatic nitrogens is 3. The summed E-state index contributed by atoms with van der Waals surface area (Å²) in [5.74, 6) is -4.55. The molecular weight excluding hydrogens is 777 g/mol. The fourth-order valence-electron chi connectivity index (χ4n) is 7.30. The molecule has 58 heavy (non-hydrogen) atoms. The van der Waals surface area contributed by atoms with Gasteiger partial charge in [0.25, 0.3) is 21.8 Å². The number of carbonyl (C=O) groups is 6. The van der Waals surface area contributed by atoms with E-state index in [0.29, 0.717) is 10.9 Å². The van der Waals surface area contributed by atoms with Crippen molar-refractivity contribution < 1.29 is 60.9 Å². The monoisotopic (exact) mass is 812 g/mol. The number of hydrogen-bond acceptors (Lipinski definition) is 14. The number of hydrogen-bond donors (Lipinski definition) is 0. The van der Waals surface area contributed by atoms with Crippen LogP contribution >= 0.6 is 0 Å². The maximum atomic E-state index is 14.3. The van der Waals surface area contributed by atoms with Crippen molar-refractivity contribution in [1.82, 2.24) is 18.4 Å². The number of nitrogens with zero attached hydrogens (tertiary/aromatic N) is 4. The highest BCUT2D eigenvalue weighted by Gasteiger charge is 2.53. The highest BCUT2D eigenvalue weighted by molar-refractivity contribution is 7.90. The highest BCUT2D eigenvalue weighted by Crippen LogP contribution is 2.44. The number of carbonyl (C=O) groups excluding carboxylic acids is 6. The molecule has 18 heteroatoms. The van der Waals surface area contributed by atoms with Crippen molar-refractivity contribution in [2.75, 3.05) is 13.7 Å². The fourth-order valence-corrected chi connectivity index (χ4v) is 8.65. The van der Waals surface area contributed by atoms with Crippen molar-refractivity contribution in [3.8, 4) is 0 Å². The Morgan fingerprint density at radius 1 is 0.707 bits per heavy atom. The number of imide groups is 1. The van der Waals surface area contributed by atoms with Gasteiger partial charge in [0.15, 0.2) is 30.2 Å². The minimum atomic E-state index is -4.24. The molecular formula is C40H36N4O13S. The summed E-state index contributed by atoms with van der Waals surface area (Å²) in [6.07, 6.45) is -2.91. The van der Waals surface area contributed by atoms with Crippen LogP contribution < -0.4 is 0 Å². The number of amides is 2. The molecule has 17 nitrogen and oxygen atoms in total. The van der Waals surface area contributed by atoms with E-state index in [2.05, 4.69) is 4.98 Å². The predicted molar refractivity (Wildman–Crippen MR) is 202 cm³/mol. The zero-order chi connectivity index (χ0) is 41.6. The molecule has 1 saturated heterocycles. The smallest absolute Gasteiger partial charge is 0.303 e. The first-order chi connectivity index (χ1) is 27.6. The van der Waals surface area contributed by atoms with Crippen molar-refractivity contribution >= 4 is 78.8 Å². The van der Waals surface area contributed by atoms with E-state index in [1.807, 2.05) is 0 Å². The summed E-state index contributed by atoms with van der Waals surface area (Å²) in [5, 5.41) is 0.687. The molecule has 0 N–H and O–H groups in total. The molecule has 2 aliphatic heterocycles. The molecule has 3 aromatic heterocycles. The van der Waals surface area contributed by atoms with Crippen LogP contribution in [0.1, 0.15) is 45.0 Å². The van der Waals surface area contributed by atoms with Crippen molar-refractivity contribution in [3.05, 3.63) is 96.4 Å². The third-order valence-corrected chi connectivity index (χ3v) is 11.3. The summed E-state index contributed by atoms with van der Waals surface area (Å²) in [4.78, 5) is 83.1. The van der Waals surface area contributed by atoms with E-state index in [0.717, 1.165) is 36.6 Å². The maximum absolute atomic E-state index is 14.3. The topological polar surface area (TPSA) is 209 Å². The maximum Gasteiger partial charge on any atom is 0.303 e. The van der Waals surface area contributed by atoms with Crippen LogP contribution in [0, 0.1) is 0 Å². The Labute approximate surface area is 330 Å². The van der Waals surface area contributed by atoms with E-state index in [1.165, 1.54) is 42.3 Å². The third-order valence-electron chi connectivity index (χ3n) is 9.64. The molecule has 5 atom stereocenters. The minimum Gasteiger partial charge on any atom is -0.463 e. The third kappa shape index (κ3) is 7.00. The van der Waals surface area contributed by atoms with E-state index in [4.69, 9.17) is 23.7 Å². The lowest BCUT2D eigenvalue weighted by Crippen LogP contribution is -2.60. The standard InChI is InChI=1S/C40H36N4O13S/c1-21(45)53-20-31-34(54-22(2)46)35(55-23(3)47)36(56-24(4)48)40(57-31)43-18-28(26-14-9-10-16-30(26)43)32-33(39(50)42(5)38(32)49)29-19-44(37-27(29)15-11-17-41-37)58(51,52)25-12-7-6-8-13-25/h6-19,31,34-36,40H,20H2,1-5H3/t31-,34-,35+,36-,40?/m1/s1. The molecule has 0 aliphatic carbocycles. The van der Waals surface area contributed by atoms with E-state index >= 15 is 0 Å². The number of likely N-dealkylation sites (N-methyl/N-ethyl adjacent to an activating group) is 1. The average Bonchev–Trinajstić information content (AvgIpc) is 3.82. The van der Waals surface area contributed by atoms with Gasteiger partial charge in [-0.25, -0.2) is 17.4 Å². The van der Waals surface area contributed by atoms with Crippen LogP contribution in [0.25, 0.3) is 33.1 Å². The van der Waals surface area contributed by atoms with E-state index in [-0.39, 0.29) is 38.2 Å². The van der Waals surface area contributed by atoms with Crippen LogP contribution in [0.2, 0.25) is 0 Å². The van der Waals surface area contributed by atoms with Crippen LogP contribution in [0.3, 0.4) is 0 Å². The number of fused-ring (bicyclic) bond motifs is 2. The van der Waals surface area contributed by atoms with E-state index in [9.17, 15) is 37.2 Å². The van der Waals surface area contributed by atoms with Crippen molar-refractivity contribution in [3.63, 3.8) is 0 Å². The van der Waals surface area contributed by atoms with Gasteiger partial charge in [0.05, 0.1) is 21.6 Å². The average molecular weight is 813 g/mol. The Morgan fingerprint density at radius 2 is 1.28 bits per heavy atom. The predicted octanol–water partition coefficient (Wildman–Crippen LogP) is 3.39. The summed E-state index contributed by atoms with van der Waals surface area (Å²) in [7, 11) is -2.94. The number of benzene rings is 2. The number of pyridine rings is 1. The molecule has 0 spiro atoms. The minimum absolute atomic E-state index is 0.0166. The Morgan fingerprint density at radius 3 is 1.91 bits per heavy atom. The zero-order valence-corrected chi connectivity index (χ0v) is 32.5. The van der Waals surface area contributed by atoms with Gasteiger partial charge in [-0.05, 0) is 30.3 Å². The molecule has 0 radical (unpaired) electrons. The Hall–Kier alpha value is -6.66. The first-order valence-corrected chi connectivity index (χ1v) is 19.3. The first kappa shape index (κ1) is 39.6. The fraction of sp³-hybridized carbons (Fsp3) is 0.275. The Balaban J connectivity index is 1.47. The number of para-hydroxylation sites is 1. The number of rotatable bonds is 10. The summed E-state index contributed by atoms with van der Waals surface area (Å²) in [5.41, 5.74) is 0.519. The molecule has 300 valence electrons. The SMILES string of the molecule is CC(=O)OC[C@H]1OC(n2cc(C3=C(c4cn(S(=O)(=O)c5ccccc5)c5ncccc45)C(=O)N(C)C3=O)c3ccccc32)[C@H](OC(C)=O)[C@@H](OC(C)=O)[C@@H]1OC(C)=O. The molecule has 5 heterocycles. The van der Waals surface area contributed by atoms with Crippen LogP contribution in [0.5, 0.6) is 0 Å². The van der Waals surface area contributed by atoms with Gasteiger partial charge in [0, 0.05) is 75.2 Å². The number of esters is 4. The molecule has 7 rings (SSSR count). The van der Waals surface area contributed by atoms with Crippen LogP contribution in [-0.4, -0.2) is 101 Å². The largest absolute Gasteiger partial charge is 0.463 e. The molecule has 0 bridgehead atoms. The highest BCUT2D eigenvalue weighted by atomic mass is 32.2. The molecule has 1 fully saturated rings. The van der Waals surface area contributed by atoms with E-state index < -0.39 is 83.0 Å². The lowest BCUT2D eigenvalue weighted by molar-refractivity contribution is -0.267. The second-order valence-corrected chi connectivity index (χ2v) is 15.3. The molecule has 2 aromatic carbocycles. The van der Waals surface area contributed by atoms with Crippen LogP contribution in [0.15, 0.2) is 90.2 Å². The van der Waals surface area contributed by atoms with Gasteiger partial charge in [0.1, 0.15) is 12.7 Å². The summed E-state index contributed by atoms with van der Waals surface area (Å²) >= 11 is 0. The second-order valence-electron chi connectivity index (χ2n) is 13.5. The van der Waals surface area contributed by atoms with Gasteiger partial charge in [0.2, 0.25) is 0 Å². The Kier molecular flexibility index (Phi) is 10.5. The zero-order valence-electron chi connectivity index (χ0n) is 31.7. The van der Waals surface area contributed by atoms with Gasteiger partial charge in [-0.2, -0.15) is 0 Å². The molecule has 0 saturated carbocycles. The van der Waals surface area contributed by atoms with Crippen molar-refractivity contribution in [2.45, 2.75) is 63.2 Å². The van der Waals surface area contributed by atoms with Crippen molar-refractivity contribution in [1.29, 1.82) is 0 Å². The normalized spacial score (nSPS) is 21.1. The second kappa shape index (κ2) is 15.4. The lowest BCUT2D eigenvalue weighted by atomic mass is 9.96. The van der Waals surface area contributed by atoms with Crippen LogP contribution in [0.4, 0.5) is 0 Å². The van der Waals surface area contributed by atoms with Gasteiger partial charge >= 0.3 is 23.9 Å². The first-order valence-electron chi connectivity index (χ1n) is 17.8. The summed E-state index contributed by atoms with van der Waals surface area (Å²) < 4.78 is 59.1. The van der Waals surface area contributed by atoms with Gasteiger partial charge in [-0.3, -0.25) is 33.7 Å². The van der Waals surface area contributed by atoms with Crippen LogP contribution in [-0.2, 0) is 62.5 Å². The molecule has 1 unspecified atom stereocenters. The quantitative estimate of drug-likeness (QED) is 0.113. The molecule has 5 aromatic rings. The van der Waals surface area contributed by atoms with Gasteiger partial charge in [-0.15, -0.1) is 0 Å². The lowest BCUT2D eigenvalue weighted by Gasteiger charge is -2.44. The summed E-state index contributed by atoms with van der Waals surface area (Å²) in [6, 6.07) is 17.6. The van der Waals surface area contributed by atoms with Gasteiger partial charge in [-0.1, -0.05) is 36.4 Å². The van der Waals surface area contributed by atoms with Crippen molar-refractivity contribution in [2.24, 2.45) is 0 Å². The Bertz CT molecular complexity index is 2670. The van der Waals surface area contributed by atoms with Gasteiger partial charge < -0.3 is 28.3 Å².